The van der Waals surface area contributed by atoms with Crippen molar-refractivity contribution >= 4 is 23.9 Å². The van der Waals surface area contributed by atoms with Crippen molar-refractivity contribution in [3.05, 3.63) is 71.8 Å². The van der Waals surface area contributed by atoms with Crippen LogP contribution >= 0.6 is 11.8 Å². The van der Waals surface area contributed by atoms with Crippen LogP contribution in [0.5, 0.6) is 0 Å². The molecular weight excluding hydrogens is 292 g/mol. The highest BCUT2D eigenvalue weighted by Crippen LogP contribution is 2.17. The van der Waals surface area contributed by atoms with Crippen LogP contribution in [0.3, 0.4) is 0 Å². The van der Waals surface area contributed by atoms with E-state index in [0.717, 1.165) is 10.7 Å². The third-order valence-electron chi connectivity index (χ3n) is 3.12. The van der Waals surface area contributed by atoms with Gasteiger partial charge in [0.25, 0.3) is 0 Å². The molecule has 0 fully saturated rings. The molecule has 0 spiro atoms. The van der Waals surface area contributed by atoms with Crippen LogP contribution < -0.4 is 0 Å². The van der Waals surface area contributed by atoms with Crippen molar-refractivity contribution in [3.63, 3.8) is 0 Å². The Labute approximate surface area is 133 Å². The van der Waals surface area contributed by atoms with E-state index in [-0.39, 0.29) is 0 Å². The first-order valence-electron chi connectivity index (χ1n) is 6.97. The molecule has 0 amide bonds. The van der Waals surface area contributed by atoms with Crippen molar-refractivity contribution in [1.29, 1.82) is 0 Å². The molecule has 0 aliphatic heterocycles. The van der Waals surface area contributed by atoms with Gasteiger partial charge in [-0.2, -0.15) is 4.98 Å². The second kappa shape index (κ2) is 7.04. The monoisotopic (exact) mass is 308 g/mol. The number of benzene rings is 2. The molecule has 4 nitrogen and oxygen atoms in total. The molecule has 2 aromatic carbocycles. The van der Waals surface area contributed by atoms with Gasteiger partial charge in [0.2, 0.25) is 11.1 Å². The van der Waals surface area contributed by atoms with Gasteiger partial charge in [-0.25, -0.2) is 9.67 Å². The van der Waals surface area contributed by atoms with Crippen molar-refractivity contribution in [1.82, 2.24) is 14.8 Å². The summed E-state index contributed by atoms with van der Waals surface area (Å²) in [5.41, 5.74) is 2.22. The average Bonchev–Trinajstić information content (AvgIpc) is 2.97. The molecule has 0 saturated carbocycles. The third kappa shape index (κ3) is 3.62. The Morgan fingerprint density at radius 3 is 2.41 bits per heavy atom. The Morgan fingerprint density at radius 1 is 1.05 bits per heavy atom. The smallest absolute Gasteiger partial charge is 0.225 e. The zero-order valence-corrected chi connectivity index (χ0v) is 13.1. The second-order valence-electron chi connectivity index (χ2n) is 4.71. The quantitative estimate of drug-likeness (QED) is 0.532. The number of rotatable bonds is 5. The minimum Gasteiger partial charge on any atom is -0.225 e. The SMILES string of the molecule is CSc1nc(/N=C\c2ccccc2)n(Cc2ccccc2)n1. The van der Waals surface area contributed by atoms with E-state index in [1.807, 2.05) is 65.7 Å². The summed E-state index contributed by atoms with van der Waals surface area (Å²) in [5, 5.41) is 5.22. The molecule has 0 radical (unpaired) electrons. The molecule has 0 unspecified atom stereocenters. The van der Waals surface area contributed by atoms with E-state index in [4.69, 9.17) is 0 Å². The van der Waals surface area contributed by atoms with Crippen LogP contribution in [0.2, 0.25) is 0 Å². The van der Waals surface area contributed by atoms with Crippen LogP contribution in [0.25, 0.3) is 0 Å². The fourth-order valence-corrected chi connectivity index (χ4v) is 2.38. The first kappa shape index (κ1) is 14.5. The van der Waals surface area contributed by atoms with Gasteiger partial charge < -0.3 is 0 Å². The molecule has 1 aromatic heterocycles. The fraction of sp³-hybridized carbons (Fsp3) is 0.118. The molecule has 3 rings (SSSR count). The van der Waals surface area contributed by atoms with E-state index < -0.39 is 0 Å². The summed E-state index contributed by atoms with van der Waals surface area (Å²) in [6.07, 6.45) is 3.78. The van der Waals surface area contributed by atoms with Crippen LogP contribution in [-0.4, -0.2) is 27.2 Å². The number of hydrogen-bond acceptors (Lipinski definition) is 4. The fourth-order valence-electron chi connectivity index (χ4n) is 2.03. The molecule has 110 valence electrons. The van der Waals surface area contributed by atoms with Crippen LogP contribution in [0.1, 0.15) is 11.1 Å². The molecule has 1 heterocycles. The van der Waals surface area contributed by atoms with E-state index in [1.165, 1.54) is 17.3 Å². The molecule has 3 aromatic rings. The summed E-state index contributed by atoms with van der Waals surface area (Å²) < 4.78 is 1.83. The predicted molar refractivity (Wildman–Crippen MR) is 91.0 cm³/mol. The number of thioether (sulfide) groups is 1. The van der Waals surface area contributed by atoms with Crippen LogP contribution in [0.4, 0.5) is 5.95 Å². The van der Waals surface area contributed by atoms with Crippen LogP contribution in [0.15, 0.2) is 70.8 Å². The van der Waals surface area contributed by atoms with E-state index in [2.05, 4.69) is 27.2 Å². The highest BCUT2D eigenvalue weighted by atomic mass is 32.2. The summed E-state index contributed by atoms with van der Waals surface area (Å²) >= 11 is 1.52. The molecule has 0 aliphatic carbocycles. The van der Waals surface area contributed by atoms with Crippen LogP contribution in [0, 0.1) is 0 Å². The van der Waals surface area contributed by atoms with Gasteiger partial charge in [0.1, 0.15) is 0 Å². The highest BCUT2D eigenvalue weighted by molar-refractivity contribution is 7.98. The number of aromatic nitrogens is 3. The lowest BCUT2D eigenvalue weighted by molar-refractivity contribution is 0.670. The number of aliphatic imine (C=N–C) groups is 1. The summed E-state index contributed by atoms with van der Waals surface area (Å²) in [7, 11) is 0. The lowest BCUT2D eigenvalue weighted by Gasteiger charge is -2.02. The van der Waals surface area contributed by atoms with E-state index in [9.17, 15) is 0 Å². The minimum absolute atomic E-state index is 0.622. The number of hydrogen-bond donors (Lipinski definition) is 0. The third-order valence-corrected chi connectivity index (χ3v) is 3.66. The topological polar surface area (TPSA) is 43.1 Å². The van der Waals surface area contributed by atoms with Crippen molar-refractivity contribution in [2.75, 3.05) is 6.26 Å². The average molecular weight is 308 g/mol. The lowest BCUT2D eigenvalue weighted by atomic mass is 10.2. The van der Waals surface area contributed by atoms with Gasteiger partial charge in [-0.05, 0) is 17.4 Å². The molecule has 0 N–H and O–H groups in total. The zero-order chi connectivity index (χ0) is 15.2. The van der Waals surface area contributed by atoms with Crippen molar-refractivity contribution in [2.24, 2.45) is 4.99 Å². The summed E-state index contributed by atoms with van der Waals surface area (Å²) in [5.74, 6) is 0.622. The van der Waals surface area contributed by atoms with Gasteiger partial charge in [-0.15, -0.1) is 5.10 Å². The zero-order valence-electron chi connectivity index (χ0n) is 12.3. The maximum Gasteiger partial charge on any atom is 0.249 e. The largest absolute Gasteiger partial charge is 0.249 e. The maximum absolute atomic E-state index is 4.49. The summed E-state index contributed by atoms with van der Waals surface area (Å²) in [4.78, 5) is 8.95. The minimum atomic E-state index is 0.622. The molecule has 0 saturated heterocycles. The molecule has 0 atom stereocenters. The summed E-state index contributed by atoms with van der Waals surface area (Å²) in [6.45, 7) is 0.663. The Balaban J connectivity index is 1.87. The van der Waals surface area contributed by atoms with Gasteiger partial charge in [-0.3, -0.25) is 0 Å². The molecule has 22 heavy (non-hydrogen) atoms. The van der Waals surface area contributed by atoms with E-state index >= 15 is 0 Å². The summed E-state index contributed by atoms with van der Waals surface area (Å²) in [6, 6.07) is 20.2. The van der Waals surface area contributed by atoms with Gasteiger partial charge in [0, 0.05) is 6.21 Å². The van der Waals surface area contributed by atoms with Gasteiger partial charge in [-0.1, -0.05) is 72.4 Å². The Hall–Kier alpha value is -2.40. The van der Waals surface area contributed by atoms with Crippen LogP contribution in [-0.2, 0) is 6.54 Å². The first-order valence-corrected chi connectivity index (χ1v) is 8.19. The Kier molecular flexibility index (Phi) is 4.65. The number of nitrogens with zero attached hydrogens (tertiary/aromatic N) is 4. The van der Waals surface area contributed by atoms with Gasteiger partial charge >= 0.3 is 0 Å². The second-order valence-corrected chi connectivity index (χ2v) is 5.48. The van der Waals surface area contributed by atoms with E-state index in [0.29, 0.717) is 12.5 Å². The maximum atomic E-state index is 4.49. The van der Waals surface area contributed by atoms with Crippen molar-refractivity contribution in [2.45, 2.75) is 11.7 Å². The van der Waals surface area contributed by atoms with Gasteiger partial charge in [0.15, 0.2) is 0 Å². The van der Waals surface area contributed by atoms with Crippen molar-refractivity contribution < 1.29 is 0 Å². The van der Waals surface area contributed by atoms with Crippen molar-refractivity contribution in [3.8, 4) is 0 Å². The molecule has 5 heteroatoms. The first-order chi connectivity index (χ1) is 10.8. The Bertz CT molecular complexity index is 751. The molecule has 0 aliphatic rings. The standard InChI is InChI=1S/C17H16N4S/c1-22-17-19-16(18-12-14-8-4-2-5-9-14)21(20-17)13-15-10-6-3-7-11-15/h2-12H,13H2,1H3/b18-12-. The molecular formula is C17H16N4S. The predicted octanol–water partition coefficient (Wildman–Crippen LogP) is 3.80. The van der Waals surface area contributed by atoms with E-state index in [1.54, 1.807) is 0 Å². The Morgan fingerprint density at radius 2 is 1.73 bits per heavy atom. The molecule has 0 bridgehead atoms. The highest BCUT2D eigenvalue weighted by Gasteiger charge is 2.08. The lowest BCUT2D eigenvalue weighted by Crippen LogP contribution is -2.01. The normalized spacial score (nSPS) is 11.1. The van der Waals surface area contributed by atoms with Gasteiger partial charge in [0.05, 0.1) is 6.54 Å².